The molecule has 0 spiro atoms. The molecular weight excluding hydrogens is 400 g/mol. The molecule has 0 aliphatic heterocycles. The Labute approximate surface area is 193 Å². The van der Waals surface area contributed by atoms with Gasteiger partial charge in [-0.2, -0.15) is 0 Å². The summed E-state index contributed by atoms with van der Waals surface area (Å²) in [4.78, 5) is 0.669. The largest absolute Gasteiger partial charge is 0.302 e. The topological polar surface area (TPSA) is 37.3 Å². The second-order valence-electron chi connectivity index (χ2n) is 9.06. The van der Waals surface area contributed by atoms with Crippen LogP contribution in [-0.2, 0) is 23.9 Å². The van der Waals surface area contributed by atoms with Crippen LogP contribution in [0.3, 0.4) is 0 Å². The van der Waals surface area contributed by atoms with E-state index in [0.717, 1.165) is 35.6 Å². The maximum Gasteiger partial charge on any atom is 0.187 e. The van der Waals surface area contributed by atoms with Crippen molar-refractivity contribution in [2.24, 2.45) is 0 Å². The zero-order valence-electron chi connectivity index (χ0n) is 20.0. The molecule has 3 heteroatoms. The maximum atomic E-state index is 12.4. The third-order valence-electron chi connectivity index (χ3n) is 6.45. The summed E-state index contributed by atoms with van der Waals surface area (Å²) in [6.45, 7) is 4.51. The Bertz CT molecular complexity index is 784. The normalized spacial score (nSPS) is 12.5. The predicted octanol–water partition coefficient (Wildman–Crippen LogP) is 9.01. The van der Waals surface area contributed by atoms with Crippen LogP contribution < -0.4 is 0 Å². The van der Waals surface area contributed by atoms with Gasteiger partial charge in [0, 0.05) is 5.39 Å². The van der Waals surface area contributed by atoms with Gasteiger partial charge in [-0.3, -0.25) is 0 Å². The molecule has 1 N–H and O–H groups in total. The van der Waals surface area contributed by atoms with Gasteiger partial charge < -0.3 is 4.55 Å². The molecule has 1 atom stereocenters. The lowest BCUT2D eigenvalue weighted by Crippen LogP contribution is -2.04. The van der Waals surface area contributed by atoms with Crippen LogP contribution in [0.5, 0.6) is 0 Å². The molecule has 2 nitrogen and oxygen atoms in total. The Morgan fingerprint density at radius 3 is 1.81 bits per heavy atom. The van der Waals surface area contributed by atoms with Crippen LogP contribution in [0.2, 0.25) is 0 Å². The van der Waals surface area contributed by atoms with Gasteiger partial charge in [0.15, 0.2) is 11.1 Å². The molecule has 0 aliphatic carbocycles. The van der Waals surface area contributed by atoms with E-state index in [2.05, 4.69) is 26.0 Å². The minimum atomic E-state index is -1.95. The quantitative estimate of drug-likeness (QED) is 0.195. The van der Waals surface area contributed by atoms with E-state index in [1.807, 2.05) is 18.2 Å². The zero-order valence-corrected chi connectivity index (χ0v) is 20.8. The summed E-state index contributed by atoms with van der Waals surface area (Å²) in [6, 6.07) is 10.4. The van der Waals surface area contributed by atoms with Crippen molar-refractivity contribution >= 4 is 21.9 Å². The first-order chi connectivity index (χ1) is 15.2. The van der Waals surface area contributed by atoms with Crippen molar-refractivity contribution in [3.05, 3.63) is 41.5 Å². The minimum Gasteiger partial charge on any atom is -0.302 e. The van der Waals surface area contributed by atoms with Crippen LogP contribution in [0.25, 0.3) is 10.8 Å². The van der Waals surface area contributed by atoms with Crippen LogP contribution in [0, 0.1) is 0 Å². The number of unbranched alkanes of at least 4 members (excludes halogenated alkanes) is 12. The molecule has 0 amide bonds. The van der Waals surface area contributed by atoms with E-state index in [9.17, 15) is 8.76 Å². The summed E-state index contributed by atoms with van der Waals surface area (Å²) >= 11 is -1.95. The standard InChI is InChI=1S/C28H44O2S/c1-3-5-7-9-11-13-15-19-24-23-25-20-17-18-22-27(25)28(31(29)30)26(24)21-16-14-12-10-8-6-4-2/h17-18,20,22-23H,3-16,19,21H2,1-2H3,(H,29,30). The van der Waals surface area contributed by atoms with E-state index in [1.165, 1.54) is 89.0 Å². The maximum absolute atomic E-state index is 12.4. The van der Waals surface area contributed by atoms with Gasteiger partial charge in [-0.05, 0) is 42.2 Å². The first-order valence-corrected chi connectivity index (χ1v) is 13.9. The number of aryl methyl sites for hydroxylation is 1. The van der Waals surface area contributed by atoms with Gasteiger partial charge in [0.2, 0.25) is 0 Å². The summed E-state index contributed by atoms with van der Waals surface area (Å²) in [6.07, 6.45) is 19.9. The molecule has 31 heavy (non-hydrogen) atoms. The van der Waals surface area contributed by atoms with Crippen molar-refractivity contribution in [2.75, 3.05) is 0 Å². The molecule has 0 heterocycles. The summed E-state index contributed by atoms with van der Waals surface area (Å²) in [5.41, 5.74) is 2.45. The Kier molecular flexibility index (Phi) is 13.1. The van der Waals surface area contributed by atoms with E-state index >= 15 is 0 Å². The lowest BCUT2D eigenvalue weighted by molar-refractivity contribution is 0.561. The van der Waals surface area contributed by atoms with Crippen molar-refractivity contribution in [3.63, 3.8) is 0 Å². The SMILES string of the molecule is CCCCCCCCCc1cc2ccccc2c(S(=O)O)c1CCCCCCCCC. The molecule has 0 aliphatic rings. The second kappa shape index (κ2) is 15.6. The molecule has 2 rings (SSSR count). The third kappa shape index (κ3) is 9.06. The number of rotatable bonds is 17. The highest BCUT2D eigenvalue weighted by atomic mass is 32.2. The van der Waals surface area contributed by atoms with Crippen molar-refractivity contribution in [2.45, 2.75) is 121 Å². The molecule has 0 aromatic heterocycles. The first-order valence-electron chi connectivity index (χ1n) is 12.8. The highest BCUT2D eigenvalue weighted by molar-refractivity contribution is 7.79. The summed E-state index contributed by atoms with van der Waals surface area (Å²) < 4.78 is 22.6. The fourth-order valence-electron chi connectivity index (χ4n) is 4.64. The Hall–Kier alpha value is -1.19. The van der Waals surface area contributed by atoms with Gasteiger partial charge in [-0.1, -0.05) is 121 Å². The number of hydrogen-bond donors (Lipinski definition) is 1. The van der Waals surface area contributed by atoms with Crippen LogP contribution >= 0.6 is 0 Å². The average molecular weight is 445 g/mol. The number of hydrogen-bond acceptors (Lipinski definition) is 1. The van der Waals surface area contributed by atoms with Crippen molar-refractivity contribution in [3.8, 4) is 0 Å². The molecule has 174 valence electrons. The van der Waals surface area contributed by atoms with Crippen molar-refractivity contribution < 1.29 is 8.76 Å². The van der Waals surface area contributed by atoms with Gasteiger partial charge >= 0.3 is 0 Å². The molecular formula is C28H44O2S. The second-order valence-corrected chi connectivity index (χ2v) is 9.96. The van der Waals surface area contributed by atoms with Gasteiger partial charge in [-0.25, -0.2) is 4.21 Å². The van der Waals surface area contributed by atoms with Crippen LogP contribution in [0.1, 0.15) is 115 Å². The van der Waals surface area contributed by atoms with Crippen molar-refractivity contribution in [1.82, 2.24) is 0 Å². The Morgan fingerprint density at radius 1 is 0.710 bits per heavy atom. The molecule has 0 radical (unpaired) electrons. The Balaban J connectivity index is 2.07. The first kappa shape index (κ1) is 26.1. The predicted molar refractivity (Wildman–Crippen MR) is 136 cm³/mol. The molecule has 2 aromatic rings. The molecule has 0 bridgehead atoms. The average Bonchev–Trinajstić information content (AvgIpc) is 2.77. The van der Waals surface area contributed by atoms with Crippen molar-refractivity contribution in [1.29, 1.82) is 0 Å². The molecule has 2 aromatic carbocycles. The monoisotopic (exact) mass is 444 g/mol. The summed E-state index contributed by atoms with van der Waals surface area (Å²) in [7, 11) is 0. The van der Waals surface area contributed by atoms with E-state index in [1.54, 1.807) is 0 Å². The van der Waals surface area contributed by atoms with Gasteiger partial charge in [-0.15, -0.1) is 0 Å². The van der Waals surface area contributed by atoms with E-state index in [4.69, 9.17) is 0 Å². The summed E-state index contributed by atoms with van der Waals surface area (Å²) in [5, 5.41) is 2.05. The smallest absolute Gasteiger partial charge is 0.187 e. The molecule has 0 saturated heterocycles. The zero-order chi connectivity index (χ0) is 22.3. The van der Waals surface area contributed by atoms with Gasteiger partial charge in [0.05, 0.1) is 4.90 Å². The fraction of sp³-hybridized carbons (Fsp3) is 0.643. The van der Waals surface area contributed by atoms with Crippen LogP contribution in [0.15, 0.2) is 35.2 Å². The Morgan fingerprint density at radius 2 is 1.23 bits per heavy atom. The lowest BCUT2D eigenvalue weighted by Gasteiger charge is -2.16. The van der Waals surface area contributed by atoms with E-state index < -0.39 is 11.1 Å². The van der Waals surface area contributed by atoms with E-state index in [0.29, 0.717) is 4.90 Å². The van der Waals surface area contributed by atoms with Crippen LogP contribution in [-0.4, -0.2) is 8.76 Å². The van der Waals surface area contributed by atoms with Gasteiger partial charge in [0.1, 0.15) is 0 Å². The van der Waals surface area contributed by atoms with Crippen LogP contribution in [0.4, 0.5) is 0 Å². The molecule has 0 fully saturated rings. The highest BCUT2D eigenvalue weighted by Gasteiger charge is 2.17. The lowest BCUT2D eigenvalue weighted by atomic mass is 9.93. The molecule has 1 unspecified atom stereocenters. The molecule has 0 saturated carbocycles. The third-order valence-corrected chi connectivity index (χ3v) is 7.27. The summed E-state index contributed by atoms with van der Waals surface area (Å²) in [5.74, 6) is 0. The highest BCUT2D eigenvalue weighted by Crippen LogP contribution is 2.31. The van der Waals surface area contributed by atoms with Gasteiger partial charge in [0.25, 0.3) is 0 Å². The number of benzene rings is 2. The fourth-order valence-corrected chi connectivity index (χ4v) is 5.46. The van der Waals surface area contributed by atoms with E-state index in [-0.39, 0.29) is 0 Å². The number of fused-ring (bicyclic) bond motifs is 1. The minimum absolute atomic E-state index is 0.669.